The minimum absolute atomic E-state index is 0.745. The number of hydrogen-bond acceptors (Lipinski definition) is 4. The maximum absolute atomic E-state index is 5.43. The van der Waals surface area contributed by atoms with Crippen molar-refractivity contribution in [2.75, 3.05) is 7.11 Å². The highest BCUT2D eigenvalue weighted by Crippen LogP contribution is 2.27. The molecule has 112 valence electrons. The van der Waals surface area contributed by atoms with Gasteiger partial charge in [-0.05, 0) is 25.3 Å². The largest absolute Gasteiger partial charge is 0.496 e. The van der Waals surface area contributed by atoms with Gasteiger partial charge in [0.1, 0.15) is 5.75 Å². The van der Waals surface area contributed by atoms with Crippen LogP contribution < -0.4 is 10.1 Å². The first-order valence-corrected chi connectivity index (χ1v) is 8.44. The standard InChI is InChI=1S/C17H22N2OS/c1-3-14-16(11-18-13-8-9-13)21-17(19-14)10-12-6-4-5-7-15(12)20-2/h4-7,13,18H,3,8-11H2,1-2H3. The van der Waals surface area contributed by atoms with E-state index in [9.17, 15) is 0 Å². The summed E-state index contributed by atoms with van der Waals surface area (Å²) in [5.74, 6) is 0.948. The van der Waals surface area contributed by atoms with Gasteiger partial charge >= 0.3 is 0 Å². The van der Waals surface area contributed by atoms with Crippen LogP contribution in [-0.4, -0.2) is 18.1 Å². The van der Waals surface area contributed by atoms with Crippen molar-refractivity contribution in [2.24, 2.45) is 0 Å². The number of aryl methyl sites for hydroxylation is 1. The lowest BCUT2D eigenvalue weighted by Gasteiger charge is -2.05. The highest BCUT2D eigenvalue weighted by atomic mass is 32.1. The molecule has 4 heteroatoms. The van der Waals surface area contributed by atoms with Crippen LogP contribution in [0.15, 0.2) is 24.3 Å². The minimum atomic E-state index is 0.745. The maximum atomic E-state index is 5.43. The van der Waals surface area contributed by atoms with Crippen molar-refractivity contribution >= 4 is 11.3 Å². The highest BCUT2D eigenvalue weighted by molar-refractivity contribution is 7.11. The summed E-state index contributed by atoms with van der Waals surface area (Å²) in [5, 5.41) is 4.78. The second-order valence-electron chi connectivity index (χ2n) is 5.47. The van der Waals surface area contributed by atoms with Gasteiger partial charge in [0.2, 0.25) is 0 Å². The molecule has 1 aromatic carbocycles. The molecule has 0 spiro atoms. The Morgan fingerprint density at radius 1 is 1.33 bits per heavy atom. The molecule has 1 aliphatic carbocycles. The Kier molecular flexibility index (Phi) is 4.56. The third-order valence-electron chi connectivity index (χ3n) is 3.82. The molecule has 1 N–H and O–H groups in total. The molecule has 0 aliphatic heterocycles. The van der Waals surface area contributed by atoms with Gasteiger partial charge in [-0.15, -0.1) is 11.3 Å². The molecule has 0 atom stereocenters. The third-order valence-corrected chi connectivity index (χ3v) is 4.92. The van der Waals surface area contributed by atoms with Crippen LogP contribution in [0.3, 0.4) is 0 Å². The topological polar surface area (TPSA) is 34.1 Å². The average molecular weight is 302 g/mol. The lowest BCUT2D eigenvalue weighted by atomic mass is 10.1. The summed E-state index contributed by atoms with van der Waals surface area (Å²) >= 11 is 1.84. The van der Waals surface area contributed by atoms with Crippen LogP contribution in [0.2, 0.25) is 0 Å². The fraction of sp³-hybridized carbons (Fsp3) is 0.471. The maximum Gasteiger partial charge on any atom is 0.122 e. The summed E-state index contributed by atoms with van der Waals surface area (Å²) in [6.45, 7) is 3.15. The number of thiazole rings is 1. The smallest absolute Gasteiger partial charge is 0.122 e. The van der Waals surface area contributed by atoms with E-state index in [0.717, 1.165) is 31.2 Å². The van der Waals surface area contributed by atoms with E-state index in [1.165, 1.54) is 34.0 Å². The third kappa shape index (κ3) is 3.63. The summed E-state index contributed by atoms with van der Waals surface area (Å²) in [7, 11) is 1.73. The molecule has 0 bridgehead atoms. The zero-order valence-corrected chi connectivity index (χ0v) is 13.5. The summed E-state index contributed by atoms with van der Waals surface area (Å²) < 4.78 is 5.43. The molecule has 1 heterocycles. The lowest BCUT2D eigenvalue weighted by molar-refractivity contribution is 0.410. The summed E-state index contributed by atoms with van der Waals surface area (Å²) in [6.07, 6.45) is 4.51. The number of hydrogen-bond donors (Lipinski definition) is 1. The Labute approximate surface area is 130 Å². The molecule has 3 rings (SSSR count). The molecule has 1 aromatic heterocycles. The Hall–Kier alpha value is -1.39. The fourth-order valence-electron chi connectivity index (χ4n) is 2.46. The molecule has 1 aliphatic rings. The normalized spacial score (nSPS) is 14.4. The molecular formula is C17H22N2OS. The molecule has 0 unspecified atom stereocenters. The average Bonchev–Trinajstić information content (AvgIpc) is 3.26. The fourth-order valence-corrected chi connectivity index (χ4v) is 3.59. The van der Waals surface area contributed by atoms with Crippen LogP contribution in [0.25, 0.3) is 0 Å². The van der Waals surface area contributed by atoms with Crippen molar-refractivity contribution in [1.82, 2.24) is 10.3 Å². The quantitative estimate of drug-likeness (QED) is 0.849. The zero-order valence-electron chi connectivity index (χ0n) is 12.7. The van der Waals surface area contributed by atoms with Crippen LogP contribution in [0, 0.1) is 0 Å². The summed E-state index contributed by atoms with van der Waals surface area (Å²) in [4.78, 5) is 6.22. The first-order valence-electron chi connectivity index (χ1n) is 7.63. The van der Waals surface area contributed by atoms with E-state index in [4.69, 9.17) is 9.72 Å². The Morgan fingerprint density at radius 3 is 2.86 bits per heavy atom. The van der Waals surface area contributed by atoms with Gasteiger partial charge in [0, 0.05) is 29.4 Å². The second kappa shape index (κ2) is 6.58. The molecule has 21 heavy (non-hydrogen) atoms. The second-order valence-corrected chi connectivity index (χ2v) is 6.64. The molecular weight excluding hydrogens is 280 g/mol. The van der Waals surface area contributed by atoms with E-state index in [1.807, 2.05) is 23.5 Å². The number of nitrogens with zero attached hydrogens (tertiary/aromatic N) is 1. The van der Waals surface area contributed by atoms with E-state index in [1.54, 1.807) is 7.11 Å². The molecule has 1 saturated carbocycles. The lowest BCUT2D eigenvalue weighted by Crippen LogP contribution is -2.15. The number of nitrogens with one attached hydrogen (secondary N) is 1. The van der Waals surface area contributed by atoms with Gasteiger partial charge in [-0.25, -0.2) is 4.98 Å². The molecule has 3 nitrogen and oxygen atoms in total. The van der Waals surface area contributed by atoms with Gasteiger partial charge < -0.3 is 10.1 Å². The van der Waals surface area contributed by atoms with Crippen LogP contribution in [0.5, 0.6) is 5.75 Å². The van der Waals surface area contributed by atoms with E-state index in [-0.39, 0.29) is 0 Å². The predicted molar refractivity (Wildman–Crippen MR) is 87.2 cm³/mol. The van der Waals surface area contributed by atoms with Crippen molar-refractivity contribution in [3.8, 4) is 5.75 Å². The van der Waals surface area contributed by atoms with E-state index < -0.39 is 0 Å². The van der Waals surface area contributed by atoms with E-state index >= 15 is 0 Å². The molecule has 0 amide bonds. The van der Waals surface area contributed by atoms with E-state index in [2.05, 4.69) is 24.4 Å². The number of benzene rings is 1. The predicted octanol–water partition coefficient (Wildman–Crippen LogP) is 3.56. The monoisotopic (exact) mass is 302 g/mol. The van der Waals surface area contributed by atoms with E-state index in [0.29, 0.717) is 0 Å². The number of aromatic nitrogens is 1. The number of ether oxygens (including phenoxy) is 1. The number of methoxy groups -OCH3 is 1. The van der Waals surface area contributed by atoms with Crippen molar-refractivity contribution < 1.29 is 4.74 Å². The van der Waals surface area contributed by atoms with Gasteiger partial charge in [-0.2, -0.15) is 0 Å². The first-order chi connectivity index (χ1) is 10.3. The van der Waals surface area contributed by atoms with Crippen molar-refractivity contribution in [1.29, 1.82) is 0 Å². The molecule has 0 radical (unpaired) electrons. The highest BCUT2D eigenvalue weighted by Gasteiger charge is 2.21. The van der Waals surface area contributed by atoms with Crippen LogP contribution in [0.4, 0.5) is 0 Å². The van der Waals surface area contributed by atoms with Gasteiger partial charge in [0.05, 0.1) is 17.8 Å². The van der Waals surface area contributed by atoms with Crippen molar-refractivity contribution in [2.45, 2.75) is 45.2 Å². The minimum Gasteiger partial charge on any atom is -0.496 e. The Morgan fingerprint density at radius 2 is 2.14 bits per heavy atom. The van der Waals surface area contributed by atoms with Gasteiger partial charge in [-0.3, -0.25) is 0 Å². The van der Waals surface area contributed by atoms with Gasteiger partial charge in [-0.1, -0.05) is 25.1 Å². The van der Waals surface area contributed by atoms with Gasteiger partial charge in [0.15, 0.2) is 0 Å². The van der Waals surface area contributed by atoms with Crippen LogP contribution in [0.1, 0.15) is 40.9 Å². The van der Waals surface area contributed by atoms with Crippen molar-refractivity contribution in [3.05, 3.63) is 45.4 Å². The number of para-hydroxylation sites is 1. The Bertz CT molecular complexity index is 605. The van der Waals surface area contributed by atoms with Crippen LogP contribution >= 0.6 is 11.3 Å². The molecule has 2 aromatic rings. The number of rotatable bonds is 7. The first kappa shape index (κ1) is 14.5. The summed E-state index contributed by atoms with van der Waals surface area (Å²) in [5.41, 5.74) is 2.45. The van der Waals surface area contributed by atoms with Crippen LogP contribution in [-0.2, 0) is 19.4 Å². The van der Waals surface area contributed by atoms with Gasteiger partial charge in [0.25, 0.3) is 0 Å². The molecule has 0 saturated heterocycles. The van der Waals surface area contributed by atoms with Crippen molar-refractivity contribution in [3.63, 3.8) is 0 Å². The SMILES string of the molecule is CCc1nc(Cc2ccccc2OC)sc1CNC1CC1. The zero-order chi connectivity index (χ0) is 14.7. The Balaban J connectivity index is 1.75. The summed E-state index contributed by atoms with van der Waals surface area (Å²) in [6, 6.07) is 8.94. The molecule has 1 fully saturated rings.